The maximum absolute atomic E-state index is 5.67. The van der Waals surface area contributed by atoms with Crippen LogP contribution in [0, 0.1) is 0 Å². The molecule has 19 heavy (non-hydrogen) atoms. The number of hydrogen-bond acceptors (Lipinski definition) is 3. The minimum atomic E-state index is 0.585. The van der Waals surface area contributed by atoms with Crippen LogP contribution in [0.4, 0.5) is 0 Å². The Bertz CT molecular complexity index is 468. The number of unbranched alkanes of at least 4 members (excludes halogenated alkanes) is 1. The fraction of sp³-hybridized carbons (Fsp3) is 0.400. The summed E-state index contributed by atoms with van der Waals surface area (Å²) in [5.74, 6) is 0. The molecule has 4 nitrogen and oxygen atoms in total. The van der Waals surface area contributed by atoms with Crippen LogP contribution in [0.2, 0.25) is 0 Å². The molecule has 2 rings (SSSR count). The van der Waals surface area contributed by atoms with Gasteiger partial charge in [-0.15, -0.1) is 0 Å². The van der Waals surface area contributed by atoms with Crippen molar-refractivity contribution in [2.75, 3.05) is 20.3 Å². The van der Waals surface area contributed by atoms with Crippen molar-refractivity contribution in [1.29, 1.82) is 0 Å². The lowest BCUT2D eigenvalue weighted by Gasteiger charge is -2.08. The highest BCUT2D eigenvalue weighted by atomic mass is 16.5. The van der Waals surface area contributed by atoms with Crippen LogP contribution in [0.5, 0.6) is 0 Å². The molecule has 0 aliphatic rings. The molecule has 1 heterocycles. The highest BCUT2D eigenvalue weighted by molar-refractivity contribution is 5.32. The van der Waals surface area contributed by atoms with Crippen molar-refractivity contribution in [3.63, 3.8) is 0 Å². The Hall–Kier alpha value is -1.65. The van der Waals surface area contributed by atoms with Gasteiger partial charge >= 0.3 is 0 Å². The Balaban J connectivity index is 1.83. The molecule has 1 aromatic heterocycles. The molecular weight excluding hydrogens is 240 g/mol. The van der Waals surface area contributed by atoms with Crippen LogP contribution in [0.3, 0.4) is 0 Å². The summed E-state index contributed by atoms with van der Waals surface area (Å²) < 4.78 is 12.6. The summed E-state index contributed by atoms with van der Waals surface area (Å²) in [7, 11) is 1.72. The molecule has 0 amide bonds. The first-order chi connectivity index (χ1) is 9.42. The molecule has 0 N–H and O–H groups in total. The number of aromatic nitrogens is 2. The molecule has 0 unspecified atom stereocenters. The van der Waals surface area contributed by atoms with E-state index in [0.717, 1.165) is 37.4 Å². The summed E-state index contributed by atoms with van der Waals surface area (Å²) in [5, 5.41) is 4.33. The minimum absolute atomic E-state index is 0.585. The predicted octanol–water partition coefficient (Wildman–Crippen LogP) is 2.82. The molecule has 1 aromatic carbocycles. The monoisotopic (exact) mass is 260 g/mol. The maximum Gasteiger partial charge on any atom is 0.0889 e. The van der Waals surface area contributed by atoms with E-state index in [2.05, 4.69) is 5.10 Å². The number of nitrogens with zero attached hydrogens (tertiary/aromatic N) is 2. The van der Waals surface area contributed by atoms with E-state index in [-0.39, 0.29) is 0 Å². The van der Waals surface area contributed by atoms with Crippen LogP contribution < -0.4 is 0 Å². The third-order valence-corrected chi connectivity index (χ3v) is 2.86. The molecule has 0 bridgehead atoms. The zero-order valence-electron chi connectivity index (χ0n) is 11.3. The van der Waals surface area contributed by atoms with Gasteiger partial charge in [-0.1, -0.05) is 18.2 Å². The largest absolute Gasteiger partial charge is 0.385 e. The quantitative estimate of drug-likeness (QED) is 0.685. The van der Waals surface area contributed by atoms with Crippen LogP contribution in [0.1, 0.15) is 18.5 Å². The van der Waals surface area contributed by atoms with E-state index < -0.39 is 0 Å². The number of para-hydroxylation sites is 1. The number of rotatable bonds is 8. The van der Waals surface area contributed by atoms with Crippen LogP contribution in [-0.4, -0.2) is 30.1 Å². The topological polar surface area (TPSA) is 36.3 Å². The standard InChI is InChI=1S/C15H20N2O2/c1-18-11-5-6-12-19-13-15-9-10-16-17(15)14-7-3-2-4-8-14/h2-4,7-10H,5-6,11-13H2,1H3. The lowest BCUT2D eigenvalue weighted by atomic mass is 10.3. The number of benzene rings is 1. The second kappa shape index (κ2) is 7.71. The molecule has 0 fully saturated rings. The highest BCUT2D eigenvalue weighted by Crippen LogP contribution is 2.10. The molecule has 4 heteroatoms. The van der Waals surface area contributed by atoms with E-state index in [1.165, 1.54) is 0 Å². The van der Waals surface area contributed by atoms with E-state index in [4.69, 9.17) is 9.47 Å². The first-order valence-corrected chi connectivity index (χ1v) is 6.57. The highest BCUT2D eigenvalue weighted by Gasteiger charge is 2.04. The van der Waals surface area contributed by atoms with Gasteiger partial charge in [-0.05, 0) is 31.0 Å². The molecular formula is C15H20N2O2. The van der Waals surface area contributed by atoms with Crippen LogP contribution in [-0.2, 0) is 16.1 Å². The average Bonchev–Trinajstić information content (AvgIpc) is 2.92. The molecule has 0 spiro atoms. The summed E-state index contributed by atoms with van der Waals surface area (Å²) >= 11 is 0. The van der Waals surface area contributed by atoms with Gasteiger partial charge in [0.25, 0.3) is 0 Å². The molecule has 0 saturated heterocycles. The van der Waals surface area contributed by atoms with Crippen molar-refractivity contribution in [2.24, 2.45) is 0 Å². The maximum atomic E-state index is 5.67. The molecule has 0 atom stereocenters. The summed E-state index contributed by atoms with van der Waals surface area (Å²) in [6.07, 6.45) is 3.86. The smallest absolute Gasteiger partial charge is 0.0889 e. The van der Waals surface area contributed by atoms with E-state index in [1.54, 1.807) is 13.3 Å². The molecule has 0 radical (unpaired) electrons. The molecule has 0 aliphatic heterocycles. The fourth-order valence-electron chi connectivity index (χ4n) is 1.87. The zero-order chi connectivity index (χ0) is 13.3. The SMILES string of the molecule is COCCCCOCc1ccnn1-c1ccccc1. The first kappa shape index (κ1) is 13.8. The second-order valence-corrected chi connectivity index (χ2v) is 4.32. The molecule has 102 valence electrons. The van der Waals surface area contributed by atoms with E-state index >= 15 is 0 Å². The van der Waals surface area contributed by atoms with Crippen molar-refractivity contribution < 1.29 is 9.47 Å². The lowest BCUT2D eigenvalue weighted by molar-refractivity contribution is 0.104. The number of ether oxygens (including phenoxy) is 2. The third-order valence-electron chi connectivity index (χ3n) is 2.86. The number of methoxy groups -OCH3 is 1. The Labute approximate surface area is 114 Å². The van der Waals surface area contributed by atoms with E-state index in [9.17, 15) is 0 Å². The average molecular weight is 260 g/mol. The van der Waals surface area contributed by atoms with Gasteiger partial charge in [-0.3, -0.25) is 0 Å². The van der Waals surface area contributed by atoms with Gasteiger partial charge in [0.1, 0.15) is 0 Å². The van der Waals surface area contributed by atoms with Gasteiger partial charge in [-0.25, -0.2) is 4.68 Å². The zero-order valence-corrected chi connectivity index (χ0v) is 11.3. The summed E-state index contributed by atoms with van der Waals surface area (Å²) in [6, 6.07) is 12.1. The van der Waals surface area contributed by atoms with Gasteiger partial charge in [0.2, 0.25) is 0 Å². The van der Waals surface area contributed by atoms with Gasteiger partial charge in [0.15, 0.2) is 0 Å². The van der Waals surface area contributed by atoms with Gasteiger partial charge in [-0.2, -0.15) is 5.10 Å². The molecule has 0 saturated carbocycles. The van der Waals surface area contributed by atoms with Crippen molar-refractivity contribution in [1.82, 2.24) is 9.78 Å². The summed E-state index contributed by atoms with van der Waals surface area (Å²) in [4.78, 5) is 0. The van der Waals surface area contributed by atoms with Crippen molar-refractivity contribution in [3.05, 3.63) is 48.3 Å². The third kappa shape index (κ3) is 4.19. The Morgan fingerprint density at radius 2 is 1.84 bits per heavy atom. The summed E-state index contributed by atoms with van der Waals surface area (Å²) in [6.45, 7) is 2.14. The Morgan fingerprint density at radius 1 is 1.05 bits per heavy atom. The Morgan fingerprint density at radius 3 is 2.63 bits per heavy atom. The fourth-order valence-corrected chi connectivity index (χ4v) is 1.87. The molecule has 2 aromatic rings. The normalized spacial score (nSPS) is 10.8. The lowest BCUT2D eigenvalue weighted by Crippen LogP contribution is -2.05. The predicted molar refractivity (Wildman–Crippen MR) is 74.3 cm³/mol. The number of hydrogen-bond donors (Lipinski definition) is 0. The van der Waals surface area contributed by atoms with Crippen molar-refractivity contribution in [3.8, 4) is 5.69 Å². The van der Waals surface area contributed by atoms with Crippen LogP contribution >= 0.6 is 0 Å². The van der Waals surface area contributed by atoms with Gasteiger partial charge in [0.05, 0.1) is 18.0 Å². The summed E-state index contributed by atoms with van der Waals surface area (Å²) in [5.41, 5.74) is 2.13. The minimum Gasteiger partial charge on any atom is -0.385 e. The van der Waals surface area contributed by atoms with Crippen molar-refractivity contribution in [2.45, 2.75) is 19.4 Å². The second-order valence-electron chi connectivity index (χ2n) is 4.32. The van der Waals surface area contributed by atoms with Gasteiger partial charge in [0, 0.05) is 26.5 Å². The van der Waals surface area contributed by atoms with E-state index in [0.29, 0.717) is 6.61 Å². The van der Waals surface area contributed by atoms with Crippen LogP contribution in [0.15, 0.2) is 42.6 Å². The Kier molecular flexibility index (Phi) is 5.59. The van der Waals surface area contributed by atoms with Crippen LogP contribution in [0.25, 0.3) is 5.69 Å². The van der Waals surface area contributed by atoms with E-state index in [1.807, 2.05) is 41.1 Å². The molecule has 0 aliphatic carbocycles. The van der Waals surface area contributed by atoms with Crippen molar-refractivity contribution >= 4 is 0 Å². The van der Waals surface area contributed by atoms with Gasteiger partial charge < -0.3 is 9.47 Å². The first-order valence-electron chi connectivity index (χ1n) is 6.57.